The Bertz CT molecular complexity index is 479. The third-order valence-electron chi connectivity index (χ3n) is 3.10. The average molecular weight is 210 g/mol. The maximum absolute atomic E-state index is 4.45. The molecule has 3 rings (SSSR count). The Morgan fingerprint density at radius 3 is 2.75 bits per heavy atom. The molecule has 0 spiro atoms. The number of hydrogen-bond donors (Lipinski definition) is 0. The highest BCUT2D eigenvalue weighted by atomic mass is 15.1. The zero-order chi connectivity index (χ0) is 10.8. The number of pyridine rings is 1. The van der Waals surface area contributed by atoms with Crippen LogP contribution in [0.5, 0.6) is 0 Å². The summed E-state index contributed by atoms with van der Waals surface area (Å²) < 4.78 is 0. The molecule has 0 fully saturated rings. The lowest BCUT2D eigenvalue weighted by atomic mass is 10.0. The molecule has 1 aliphatic heterocycles. The molecule has 2 heteroatoms. The van der Waals surface area contributed by atoms with Crippen LogP contribution in [-0.2, 0) is 13.0 Å². The number of aromatic nitrogens is 1. The zero-order valence-corrected chi connectivity index (χ0v) is 9.13. The predicted octanol–water partition coefficient (Wildman–Crippen LogP) is 2.64. The lowest BCUT2D eigenvalue weighted by Gasteiger charge is -2.29. The molecule has 0 bridgehead atoms. The third-order valence-corrected chi connectivity index (χ3v) is 3.10. The largest absolute Gasteiger partial charge is 0.365 e. The van der Waals surface area contributed by atoms with Gasteiger partial charge in [0.25, 0.3) is 0 Å². The van der Waals surface area contributed by atoms with Gasteiger partial charge in [0.05, 0.1) is 12.2 Å². The van der Waals surface area contributed by atoms with E-state index in [4.69, 9.17) is 0 Å². The monoisotopic (exact) mass is 210 g/mol. The zero-order valence-electron chi connectivity index (χ0n) is 9.13. The van der Waals surface area contributed by atoms with Crippen molar-refractivity contribution < 1.29 is 0 Å². The van der Waals surface area contributed by atoms with E-state index in [1.165, 1.54) is 16.9 Å². The van der Waals surface area contributed by atoms with Crippen molar-refractivity contribution in [2.45, 2.75) is 13.0 Å². The standard InChI is InChI=1S/C14H14N2/c1-2-6-13(7-3-1)16-10-8-12-5-4-9-15-14(12)11-16/h1-7,9H,8,10-11H2. The Hall–Kier alpha value is -1.83. The fourth-order valence-corrected chi connectivity index (χ4v) is 2.22. The summed E-state index contributed by atoms with van der Waals surface area (Å²) in [5.74, 6) is 0. The van der Waals surface area contributed by atoms with Gasteiger partial charge in [-0.1, -0.05) is 24.3 Å². The molecule has 1 aliphatic rings. The minimum absolute atomic E-state index is 0.931. The SMILES string of the molecule is c1ccc(N2CCc3cccnc3C2)cc1. The van der Waals surface area contributed by atoms with Gasteiger partial charge < -0.3 is 4.90 Å². The maximum atomic E-state index is 4.45. The van der Waals surface area contributed by atoms with Crippen LogP contribution in [0.2, 0.25) is 0 Å². The van der Waals surface area contributed by atoms with Crippen LogP contribution in [0.15, 0.2) is 48.7 Å². The van der Waals surface area contributed by atoms with Crippen molar-refractivity contribution >= 4 is 5.69 Å². The van der Waals surface area contributed by atoms with Crippen LogP contribution in [0.3, 0.4) is 0 Å². The topological polar surface area (TPSA) is 16.1 Å². The highest BCUT2D eigenvalue weighted by molar-refractivity contribution is 5.48. The van der Waals surface area contributed by atoms with Crippen molar-refractivity contribution in [2.75, 3.05) is 11.4 Å². The van der Waals surface area contributed by atoms with E-state index in [0.29, 0.717) is 0 Å². The van der Waals surface area contributed by atoms with Gasteiger partial charge in [-0.2, -0.15) is 0 Å². The van der Waals surface area contributed by atoms with Gasteiger partial charge in [0, 0.05) is 18.4 Å². The molecule has 0 saturated carbocycles. The van der Waals surface area contributed by atoms with Crippen molar-refractivity contribution in [3.8, 4) is 0 Å². The Morgan fingerprint density at radius 1 is 1.00 bits per heavy atom. The van der Waals surface area contributed by atoms with Crippen LogP contribution < -0.4 is 4.90 Å². The van der Waals surface area contributed by atoms with E-state index in [2.05, 4.69) is 46.3 Å². The molecule has 1 aromatic heterocycles. The van der Waals surface area contributed by atoms with E-state index >= 15 is 0 Å². The van der Waals surface area contributed by atoms with Gasteiger partial charge in [-0.15, -0.1) is 0 Å². The summed E-state index contributed by atoms with van der Waals surface area (Å²) in [6.45, 7) is 2.02. The van der Waals surface area contributed by atoms with Crippen molar-refractivity contribution in [3.63, 3.8) is 0 Å². The van der Waals surface area contributed by atoms with Crippen LogP contribution in [0.4, 0.5) is 5.69 Å². The van der Waals surface area contributed by atoms with Crippen LogP contribution >= 0.6 is 0 Å². The first kappa shape index (κ1) is 9.40. The molecule has 0 unspecified atom stereocenters. The van der Waals surface area contributed by atoms with Crippen LogP contribution in [0.1, 0.15) is 11.3 Å². The molecule has 16 heavy (non-hydrogen) atoms. The quantitative estimate of drug-likeness (QED) is 0.719. The molecule has 0 aliphatic carbocycles. The van der Waals surface area contributed by atoms with Gasteiger partial charge >= 0.3 is 0 Å². The van der Waals surface area contributed by atoms with E-state index in [9.17, 15) is 0 Å². The van der Waals surface area contributed by atoms with Gasteiger partial charge in [-0.05, 0) is 30.2 Å². The van der Waals surface area contributed by atoms with Crippen molar-refractivity contribution in [3.05, 3.63) is 59.9 Å². The van der Waals surface area contributed by atoms with Crippen LogP contribution in [-0.4, -0.2) is 11.5 Å². The van der Waals surface area contributed by atoms with E-state index in [0.717, 1.165) is 19.5 Å². The van der Waals surface area contributed by atoms with Crippen molar-refractivity contribution in [2.24, 2.45) is 0 Å². The Morgan fingerprint density at radius 2 is 1.88 bits per heavy atom. The van der Waals surface area contributed by atoms with Crippen LogP contribution in [0.25, 0.3) is 0 Å². The normalized spacial score (nSPS) is 14.6. The van der Waals surface area contributed by atoms with Gasteiger partial charge in [0.1, 0.15) is 0 Å². The number of benzene rings is 1. The summed E-state index contributed by atoms with van der Waals surface area (Å²) in [4.78, 5) is 6.84. The molecule has 0 N–H and O–H groups in total. The lowest BCUT2D eigenvalue weighted by Crippen LogP contribution is -2.30. The van der Waals surface area contributed by atoms with Gasteiger partial charge in [0.15, 0.2) is 0 Å². The lowest BCUT2D eigenvalue weighted by molar-refractivity contribution is 0.710. The molecule has 0 amide bonds. The summed E-state index contributed by atoms with van der Waals surface area (Å²) in [6.07, 6.45) is 2.98. The summed E-state index contributed by atoms with van der Waals surface area (Å²) in [5.41, 5.74) is 3.91. The molecule has 2 nitrogen and oxygen atoms in total. The molecule has 0 saturated heterocycles. The van der Waals surface area contributed by atoms with E-state index in [-0.39, 0.29) is 0 Å². The Labute approximate surface area is 95.6 Å². The predicted molar refractivity (Wildman–Crippen MR) is 65.4 cm³/mol. The van der Waals surface area contributed by atoms with Gasteiger partial charge in [-0.3, -0.25) is 4.98 Å². The van der Waals surface area contributed by atoms with E-state index < -0.39 is 0 Å². The first-order valence-electron chi connectivity index (χ1n) is 5.66. The molecular weight excluding hydrogens is 196 g/mol. The van der Waals surface area contributed by atoms with Crippen molar-refractivity contribution in [1.82, 2.24) is 4.98 Å². The number of hydrogen-bond acceptors (Lipinski definition) is 2. The maximum Gasteiger partial charge on any atom is 0.0629 e. The Kier molecular flexibility index (Phi) is 2.33. The Balaban J connectivity index is 1.89. The van der Waals surface area contributed by atoms with Crippen LogP contribution in [0, 0.1) is 0 Å². The highest BCUT2D eigenvalue weighted by Gasteiger charge is 2.16. The number of rotatable bonds is 1. The molecule has 2 heterocycles. The minimum atomic E-state index is 0.931. The second kappa shape index (κ2) is 3.97. The van der Waals surface area contributed by atoms with E-state index in [1.54, 1.807) is 0 Å². The first-order chi connectivity index (χ1) is 7.93. The fourth-order valence-electron chi connectivity index (χ4n) is 2.22. The number of anilines is 1. The fraction of sp³-hybridized carbons (Fsp3) is 0.214. The summed E-state index contributed by atoms with van der Waals surface area (Å²) in [7, 11) is 0. The highest BCUT2D eigenvalue weighted by Crippen LogP contribution is 2.22. The first-order valence-corrected chi connectivity index (χ1v) is 5.66. The third kappa shape index (κ3) is 1.67. The number of nitrogens with zero attached hydrogens (tertiary/aromatic N) is 2. The average Bonchev–Trinajstić information content (AvgIpc) is 2.39. The summed E-state index contributed by atoms with van der Waals surface area (Å²) in [5, 5.41) is 0. The molecular formula is C14H14N2. The number of para-hydroxylation sites is 1. The number of fused-ring (bicyclic) bond motifs is 1. The second-order valence-electron chi connectivity index (χ2n) is 4.12. The van der Waals surface area contributed by atoms with Gasteiger partial charge in [0.2, 0.25) is 0 Å². The smallest absolute Gasteiger partial charge is 0.0629 e. The minimum Gasteiger partial charge on any atom is -0.365 e. The second-order valence-corrected chi connectivity index (χ2v) is 4.12. The van der Waals surface area contributed by atoms with Gasteiger partial charge in [-0.25, -0.2) is 0 Å². The molecule has 0 radical (unpaired) electrons. The van der Waals surface area contributed by atoms with E-state index in [1.807, 2.05) is 12.3 Å². The molecule has 2 aromatic rings. The summed E-state index contributed by atoms with van der Waals surface area (Å²) in [6, 6.07) is 14.8. The molecule has 0 atom stereocenters. The molecule has 1 aromatic carbocycles. The molecule has 80 valence electrons. The van der Waals surface area contributed by atoms with Crippen molar-refractivity contribution in [1.29, 1.82) is 0 Å². The summed E-state index contributed by atoms with van der Waals surface area (Å²) >= 11 is 0.